The molecule has 25 heavy (non-hydrogen) atoms. The van der Waals surface area contributed by atoms with Gasteiger partial charge in [0.25, 0.3) is 5.91 Å². The third-order valence-corrected chi connectivity index (χ3v) is 3.25. The normalized spacial score (nSPS) is 10.4. The molecule has 0 saturated heterocycles. The molecular weight excluding hydrogens is 320 g/mol. The van der Waals surface area contributed by atoms with E-state index in [9.17, 15) is 9.59 Å². The zero-order valence-corrected chi connectivity index (χ0v) is 14.6. The Kier molecular flexibility index (Phi) is 6.45. The van der Waals surface area contributed by atoms with Gasteiger partial charge in [0.1, 0.15) is 0 Å². The van der Waals surface area contributed by atoms with Crippen molar-refractivity contribution in [3.63, 3.8) is 0 Å². The lowest BCUT2D eigenvalue weighted by Crippen LogP contribution is -2.17. The van der Waals surface area contributed by atoms with Gasteiger partial charge in [0, 0.05) is 18.9 Å². The third-order valence-electron chi connectivity index (χ3n) is 3.25. The molecule has 0 aliphatic rings. The van der Waals surface area contributed by atoms with Crippen molar-refractivity contribution in [2.75, 3.05) is 23.8 Å². The van der Waals surface area contributed by atoms with Gasteiger partial charge in [0.15, 0.2) is 0 Å². The highest BCUT2D eigenvalue weighted by Gasteiger charge is 2.15. The fourth-order valence-corrected chi connectivity index (χ4v) is 2.01. The van der Waals surface area contributed by atoms with Gasteiger partial charge in [-0.1, -0.05) is 26.0 Å². The van der Waals surface area contributed by atoms with Gasteiger partial charge in [0.2, 0.25) is 5.95 Å². The van der Waals surface area contributed by atoms with Crippen LogP contribution in [0.2, 0.25) is 0 Å². The van der Waals surface area contributed by atoms with Crippen molar-refractivity contribution in [1.82, 2.24) is 9.97 Å². The number of nitrogens with zero attached hydrogens (tertiary/aromatic N) is 2. The van der Waals surface area contributed by atoms with Crippen molar-refractivity contribution < 1.29 is 14.3 Å². The number of nitrogens with one attached hydrogen (secondary N) is 2. The summed E-state index contributed by atoms with van der Waals surface area (Å²) in [7, 11) is 0. The maximum absolute atomic E-state index is 12.4. The van der Waals surface area contributed by atoms with Crippen molar-refractivity contribution in [3.8, 4) is 0 Å². The number of para-hydroxylation sites is 1. The van der Waals surface area contributed by atoms with E-state index in [4.69, 9.17) is 4.74 Å². The van der Waals surface area contributed by atoms with Crippen molar-refractivity contribution in [2.45, 2.75) is 20.8 Å². The largest absolute Gasteiger partial charge is 0.462 e. The van der Waals surface area contributed by atoms with Crippen LogP contribution in [0.3, 0.4) is 0 Å². The molecule has 7 nitrogen and oxygen atoms in total. The molecular formula is C18H22N4O3. The van der Waals surface area contributed by atoms with E-state index in [1.54, 1.807) is 31.2 Å². The molecule has 0 spiro atoms. The Hall–Kier alpha value is -2.96. The zero-order chi connectivity index (χ0) is 18.2. The monoisotopic (exact) mass is 342 g/mol. The molecule has 0 bridgehead atoms. The van der Waals surface area contributed by atoms with Crippen LogP contribution in [0.15, 0.2) is 36.7 Å². The van der Waals surface area contributed by atoms with E-state index < -0.39 is 11.9 Å². The summed E-state index contributed by atoms with van der Waals surface area (Å²) in [5.74, 6) is 0.0539. The lowest BCUT2D eigenvalue weighted by molar-refractivity contribution is 0.0527. The Bertz CT molecular complexity index is 729. The molecule has 0 aliphatic heterocycles. The lowest BCUT2D eigenvalue weighted by Gasteiger charge is -2.10. The first kappa shape index (κ1) is 18.4. The van der Waals surface area contributed by atoms with E-state index >= 15 is 0 Å². The first-order valence-electron chi connectivity index (χ1n) is 8.14. The van der Waals surface area contributed by atoms with Crippen molar-refractivity contribution in [2.24, 2.45) is 5.92 Å². The smallest absolute Gasteiger partial charge is 0.340 e. The number of aromatic nitrogens is 2. The summed E-state index contributed by atoms with van der Waals surface area (Å²) in [4.78, 5) is 32.6. The average Bonchev–Trinajstić information content (AvgIpc) is 2.61. The second kappa shape index (κ2) is 8.77. The second-order valence-electron chi connectivity index (χ2n) is 5.79. The van der Waals surface area contributed by atoms with Crippen LogP contribution >= 0.6 is 0 Å². The topological polar surface area (TPSA) is 93.2 Å². The van der Waals surface area contributed by atoms with Crippen LogP contribution in [-0.4, -0.2) is 35.0 Å². The zero-order valence-electron chi connectivity index (χ0n) is 14.6. The summed E-state index contributed by atoms with van der Waals surface area (Å²) in [6.07, 6.45) is 2.88. The van der Waals surface area contributed by atoms with Gasteiger partial charge < -0.3 is 15.4 Å². The standard InChI is InChI=1S/C18H22N4O3/c1-4-25-17(24)14-7-5-6-8-15(14)22-16(23)13-10-20-18(21-11-13)19-9-12(2)3/h5-8,10-12H,4,9H2,1-3H3,(H,22,23)(H,19,20,21). The Labute approximate surface area is 146 Å². The summed E-state index contributed by atoms with van der Waals surface area (Å²) < 4.78 is 4.99. The number of carbonyl (C=O) groups excluding carboxylic acids is 2. The van der Waals surface area contributed by atoms with Gasteiger partial charge in [0.05, 0.1) is 23.4 Å². The maximum atomic E-state index is 12.4. The first-order valence-corrected chi connectivity index (χ1v) is 8.14. The van der Waals surface area contributed by atoms with Crippen molar-refractivity contribution in [3.05, 3.63) is 47.8 Å². The fraction of sp³-hybridized carbons (Fsp3) is 0.333. The second-order valence-corrected chi connectivity index (χ2v) is 5.79. The van der Waals surface area contributed by atoms with Crippen molar-refractivity contribution >= 4 is 23.5 Å². The molecule has 1 aromatic heterocycles. The van der Waals surface area contributed by atoms with Crippen LogP contribution in [0.5, 0.6) is 0 Å². The van der Waals surface area contributed by atoms with Gasteiger partial charge in [-0.05, 0) is 25.0 Å². The Morgan fingerprint density at radius 3 is 2.48 bits per heavy atom. The minimum absolute atomic E-state index is 0.264. The first-order chi connectivity index (χ1) is 12.0. The molecule has 0 atom stereocenters. The number of benzene rings is 1. The van der Waals surface area contributed by atoms with Gasteiger partial charge in [-0.25, -0.2) is 14.8 Å². The molecule has 1 aromatic carbocycles. The number of amides is 1. The number of anilines is 2. The van der Waals surface area contributed by atoms with Crippen molar-refractivity contribution in [1.29, 1.82) is 0 Å². The number of rotatable bonds is 7. The number of esters is 1. The van der Waals surface area contributed by atoms with Gasteiger partial charge >= 0.3 is 5.97 Å². The van der Waals surface area contributed by atoms with Crippen LogP contribution in [0.4, 0.5) is 11.6 Å². The molecule has 2 rings (SSSR count). The highest BCUT2D eigenvalue weighted by atomic mass is 16.5. The number of hydrogen-bond donors (Lipinski definition) is 2. The van der Waals surface area contributed by atoms with E-state index in [0.29, 0.717) is 28.7 Å². The fourth-order valence-electron chi connectivity index (χ4n) is 2.01. The van der Waals surface area contributed by atoms with E-state index in [2.05, 4.69) is 34.4 Å². The van der Waals surface area contributed by atoms with Gasteiger partial charge in [-0.3, -0.25) is 4.79 Å². The molecule has 1 amide bonds. The van der Waals surface area contributed by atoms with Gasteiger partial charge in [-0.15, -0.1) is 0 Å². The van der Waals surface area contributed by atoms with E-state index in [0.717, 1.165) is 6.54 Å². The number of ether oxygens (including phenoxy) is 1. The molecule has 2 aromatic rings. The molecule has 0 saturated carbocycles. The molecule has 0 unspecified atom stereocenters. The molecule has 1 heterocycles. The summed E-state index contributed by atoms with van der Waals surface area (Å²) in [5.41, 5.74) is 0.982. The Morgan fingerprint density at radius 2 is 1.84 bits per heavy atom. The molecule has 0 radical (unpaired) electrons. The van der Waals surface area contributed by atoms with Crippen LogP contribution in [0, 0.1) is 5.92 Å². The Balaban J connectivity index is 2.08. The summed E-state index contributed by atoms with van der Waals surface area (Å²) in [6.45, 7) is 6.90. The van der Waals surface area contributed by atoms with E-state index in [-0.39, 0.29) is 6.61 Å². The molecule has 7 heteroatoms. The Morgan fingerprint density at radius 1 is 1.16 bits per heavy atom. The molecule has 132 valence electrons. The molecule has 2 N–H and O–H groups in total. The lowest BCUT2D eigenvalue weighted by atomic mass is 10.1. The van der Waals surface area contributed by atoms with Crippen LogP contribution in [0.25, 0.3) is 0 Å². The summed E-state index contributed by atoms with van der Waals surface area (Å²) >= 11 is 0. The van der Waals surface area contributed by atoms with E-state index in [1.165, 1.54) is 12.4 Å². The van der Waals surface area contributed by atoms with E-state index in [1.807, 2.05) is 0 Å². The maximum Gasteiger partial charge on any atom is 0.340 e. The highest BCUT2D eigenvalue weighted by Crippen LogP contribution is 2.17. The predicted molar refractivity (Wildman–Crippen MR) is 95.7 cm³/mol. The minimum atomic E-state index is -0.483. The number of hydrogen-bond acceptors (Lipinski definition) is 6. The van der Waals surface area contributed by atoms with Crippen LogP contribution in [0.1, 0.15) is 41.5 Å². The molecule has 0 fully saturated rings. The number of carbonyl (C=O) groups is 2. The average molecular weight is 342 g/mol. The van der Waals surface area contributed by atoms with Gasteiger partial charge in [-0.2, -0.15) is 0 Å². The third kappa shape index (κ3) is 5.27. The van der Waals surface area contributed by atoms with Crippen LogP contribution in [-0.2, 0) is 4.74 Å². The SMILES string of the molecule is CCOC(=O)c1ccccc1NC(=O)c1cnc(NCC(C)C)nc1. The highest BCUT2D eigenvalue weighted by molar-refractivity contribution is 6.07. The summed E-state index contributed by atoms with van der Waals surface area (Å²) in [6, 6.07) is 6.68. The minimum Gasteiger partial charge on any atom is -0.462 e. The molecule has 0 aliphatic carbocycles. The summed E-state index contributed by atoms with van der Waals surface area (Å²) in [5, 5.41) is 5.78. The van der Waals surface area contributed by atoms with Crippen LogP contribution < -0.4 is 10.6 Å². The predicted octanol–water partition coefficient (Wildman–Crippen LogP) is 2.97. The quantitative estimate of drug-likeness (QED) is 0.752.